The Bertz CT molecular complexity index is 904. The van der Waals surface area contributed by atoms with Crippen molar-refractivity contribution in [2.24, 2.45) is 0 Å². The van der Waals surface area contributed by atoms with E-state index < -0.39 is 0 Å². The number of para-hydroxylation sites is 1. The molecule has 0 atom stereocenters. The zero-order valence-corrected chi connectivity index (χ0v) is 15.7. The highest BCUT2D eigenvalue weighted by Crippen LogP contribution is 2.32. The molecule has 134 valence electrons. The molecule has 0 radical (unpaired) electrons. The van der Waals surface area contributed by atoms with Gasteiger partial charge in [-0.15, -0.1) is 11.3 Å². The lowest BCUT2D eigenvalue weighted by molar-refractivity contribution is 0.102. The van der Waals surface area contributed by atoms with Crippen LogP contribution < -0.4 is 14.8 Å². The molecule has 1 heterocycles. The molecule has 1 N–H and O–H groups in total. The highest BCUT2D eigenvalue weighted by Gasteiger charge is 2.17. The van der Waals surface area contributed by atoms with Crippen LogP contribution in [-0.2, 0) is 6.42 Å². The first-order valence-electron chi connectivity index (χ1n) is 8.23. The molecule has 0 bridgehead atoms. The topological polar surface area (TPSA) is 60.5 Å². The number of hydrogen-bond acceptors (Lipinski definition) is 5. The molecule has 0 aliphatic rings. The average molecular weight is 368 g/mol. The number of benzene rings is 2. The van der Waals surface area contributed by atoms with E-state index in [2.05, 4.69) is 29.4 Å². The van der Waals surface area contributed by atoms with E-state index >= 15 is 0 Å². The Morgan fingerprint density at radius 3 is 2.54 bits per heavy atom. The predicted octanol–water partition coefficient (Wildman–Crippen LogP) is 4.64. The number of aryl methyl sites for hydroxylation is 1. The number of rotatable bonds is 6. The van der Waals surface area contributed by atoms with E-state index in [1.807, 2.05) is 17.5 Å². The van der Waals surface area contributed by atoms with Crippen molar-refractivity contribution in [1.82, 2.24) is 4.98 Å². The number of ether oxygens (including phenoxy) is 2. The Morgan fingerprint density at radius 1 is 1.12 bits per heavy atom. The van der Waals surface area contributed by atoms with Gasteiger partial charge in [-0.05, 0) is 24.1 Å². The summed E-state index contributed by atoms with van der Waals surface area (Å²) >= 11 is 1.39. The van der Waals surface area contributed by atoms with E-state index in [4.69, 9.17) is 9.47 Å². The fraction of sp³-hybridized carbons (Fsp3) is 0.200. The van der Waals surface area contributed by atoms with Gasteiger partial charge >= 0.3 is 0 Å². The van der Waals surface area contributed by atoms with Gasteiger partial charge in [-0.2, -0.15) is 0 Å². The van der Waals surface area contributed by atoms with Crippen LogP contribution >= 0.6 is 11.3 Å². The summed E-state index contributed by atoms with van der Waals surface area (Å²) < 4.78 is 10.6. The van der Waals surface area contributed by atoms with Gasteiger partial charge in [-0.3, -0.25) is 10.1 Å². The Morgan fingerprint density at radius 2 is 1.88 bits per heavy atom. The van der Waals surface area contributed by atoms with E-state index in [9.17, 15) is 4.79 Å². The number of aromatic nitrogens is 1. The zero-order chi connectivity index (χ0) is 18.5. The third-order valence-electron chi connectivity index (χ3n) is 4.03. The minimum absolute atomic E-state index is 0.289. The molecular weight excluding hydrogens is 348 g/mol. The largest absolute Gasteiger partial charge is 0.493 e. The van der Waals surface area contributed by atoms with Gasteiger partial charge < -0.3 is 9.47 Å². The first-order valence-corrected chi connectivity index (χ1v) is 9.11. The standard InChI is InChI=1S/C20H20N2O3S/c1-4-13-8-10-14(11-9-13)16-12-26-20(21-16)22-19(23)15-6-5-7-17(24-2)18(15)25-3/h5-12H,4H2,1-3H3,(H,21,22,23). The number of carbonyl (C=O) groups excluding carboxylic acids is 1. The number of methoxy groups -OCH3 is 2. The summed E-state index contributed by atoms with van der Waals surface area (Å²) in [4.78, 5) is 17.1. The summed E-state index contributed by atoms with van der Waals surface area (Å²) in [6.45, 7) is 2.12. The van der Waals surface area contributed by atoms with Crippen LogP contribution in [0.25, 0.3) is 11.3 Å². The summed E-state index contributed by atoms with van der Waals surface area (Å²) in [5.41, 5.74) is 3.54. The quantitative estimate of drug-likeness (QED) is 0.688. The van der Waals surface area contributed by atoms with E-state index in [0.717, 1.165) is 17.7 Å². The molecular formula is C20H20N2O3S. The predicted molar refractivity (Wildman–Crippen MR) is 104 cm³/mol. The maximum Gasteiger partial charge on any atom is 0.261 e. The molecule has 6 heteroatoms. The van der Waals surface area contributed by atoms with E-state index in [0.29, 0.717) is 22.2 Å². The van der Waals surface area contributed by atoms with Gasteiger partial charge in [0, 0.05) is 10.9 Å². The van der Waals surface area contributed by atoms with Gasteiger partial charge in [0.2, 0.25) is 0 Å². The van der Waals surface area contributed by atoms with Gasteiger partial charge in [-0.25, -0.2) is 4.98 Å². The van der Waals surface area contributed by atoms with Crippen LogP contribution in [0.2, 0.25) is 0 Å². The summed E-state index contributed by atoms with van der Waals surface area (Å²) in [5, 5.41) is 5.30. The minimum Gasteiger partial charge on any atom is -0.493 e. The number of carbonyl (C=O) groups is 1. The van der Waals surface area contributed by atoms with Gasteiger partial charge in [0.05, 0.1) is 25.5 Å². The SMILES string of the molecule is CCc1ccc(-c2csc(NC(=O)c3cccc(OC)c3OC)n2)cc1. The number of amides is 1. The second-order valence-electron chi connectivity index (χ2n) is 5.58. The molecule has 2 aromatic carbocycles. The van der Waals surface area contributed by atoms with Crippen LogP contribution in [0.4, 0.5) is 5.13 Å². The maximum absolute atomic E-state index is 12.6. The van der Waals surface area contributed by atoms with Crippen molar-refractivity contribution in [2.45, 2.75) is 13.3 Å². The second-order valence-corrected chi connectivity index (χ2v) is 6.44. The molecule has 0 saturated carbocycles. The number of hydrogen-bond donors (Lipinski definition) is 1. The van der Waals surface area contributed by atoms with Crippen molar-refractivity contribution in [3.05, 3.63) is 59.0 Å². The first-order chi connectivity index (χ1) is 12.7. The summed E-state index contributed by atoms with van der Waals surface area (Å²) in [7, 11) is 3.05. The Balaban J connectivity index is 1.80. The van der Waals surface area contributed by atoms with Crippen LogP contribution in [0, 0.1) is 0 Å². The van der Waals surface area contributed by atoms with Crippen LogP contribution in [0.1, 0.15) is 22.8 Å². The van der Waals surface area contributed by atoms with E-state index in [1.165, 1.54) is 31.1 Å². The van der Waals surface area contributed by atoms with Gasteiger partial charge in [0.15, 0.2) is 16.6 Å². The molecule has 3 rings (SSSR count). The smallest absolute Gasteiger partial charge is 0.261 e. The molecule has 0 fully saturated rings. The molecule has 0 aliphatic heterocycles. The molecule has 0 saturated heterocycles. The van der Waals surface area contributed by atoms with Gasteiger partial charge in [0.25, 0.3) is 5.91 Å². The fourth-order valence-electron chi connectivity index (χ4n) is 2.61. The molecule has 5 nitrogen and oxygen atoms in total. The molecule has 3 aromatic rings. The number of nitrogens with zero attached hydrogens (tertiary/aromatic N) is 1. The van der Waals surface area contributed by atoms with Crippen molar-refractivity contribution in [3.8, 4) is 22.8 Å². The Hall–Kier alpha value is -2.86. The van der Waals surface area contributed by atoms with Crippen molar-refractivity contribution < 1.29 is 14.3 Å². The maximum atomic E-state index is 12.6. The van der Waals surface area contributed by atoms with Crippen molar-refractivity contribution in [1.29, 1.82) is 0 Å². The Labute approximate surface area is 156 Å². The van der Waals surface area contributed by atoms with Crippen LogP contribution in [0.5, 0.6) is 11.5 Å². The number of nitrogens with one attached hydrogen (secondary N) is 1. The van der Waals surface area contributed by atoms with Crippen LogP contribution in [0.15, 0.2) is 47.8 Å². The number of thiazole rings is 1. The summed E-state index contributed by atoms with van der Waals surface area (Å²) in [6, 6.07) is 13.5. The monoisotopic (exact) mass is 368 g/mol. The second kappa shape index (κ2) is 8.01. The number of anilines is 1. The lowest BCUT2D eigenvalue weighted by Crippen LogP contribution is -2.13. The van der Waals surface area contributed by atoms with Crippen LogP contribution in [-0.4, -0.2) is 25.1 Å². The van der Waals surface area contributed by atoms with Gasteiger partial charge in [0.1, 0.15) is 0 Å². The minimum atomic E-state index is -0.289. The molecule has 0 unspecified atom stereocenters. The zero-order valence-electron chi connectivity index (χ0n) is 14.9. The lowest BCUT2D eigenvalue weighted by atomic mass is 10.1. The summed E-state index contributed by atoms with van der Waals surface area (Å²) in [6.07, 6.45) is 1.00. The van der Waals surface area contributed by atoms with E-state index in [1.54, 1.807) is 18.2 Å². The highest BCUT2D eigenvalue weighted by molar-refractivity contribution is 7.14. The van der Waals surface area contributed by atoms with E-state index in [-0.39, 0.29) is 5.91 Å². The third-order valence-corrected chi connectivity index (χ3v) is 4.79. The molecule has 0 spiro atoms. The van der Waals surface area contributed by atoms with Crippen molar-refractivity contribution in [3.63, 3.8) is 0 Å². The van der Waals surface area contributed by atoms with Gasteiger partial charge in [-0.1, -0.05) is 37.3 Å². The highest BCUT2D eigenvalue weighted by atomic mass is 32.1. The van der Waals surface area contributed by atoms with Crippen molar-refractivity contribution >= 4 is 22.4 Å². The molecule has 0 aliphatic carbocycles. The average Bonchev–Trinajstić information content (AvgIpc) is 3.15. The fourth-order valence-corrected chi connectivity index (χ4v) is 3.32. The Kier molecular flexibility index (Phi) is 5.53. The normalized spacial score (nSPS) is 10.4. The molecule has 1 aromatic heterocycles. The molecule has 26 heavy (non-hydrogen) atoms. The first kappa shape index (κ1) is 17.9. The van der Waals surface area contributed by atoms with Crippen LogP contribution in [0.3, 0.4) is 0 Å². The summed E-state index contributed by atoms with van der Waals surface area (Å²) in [5.74, 6) is 0.624. The third kappa shape index (κ3) is 3.70. The van der Waals surface area contributed by atoms with Crippen molar-refractivity contribution in [2.75, 3.05) is 19.5 Å². The lowest BCUT2D eigenvalue weighted by Gasteiger charge is -2.11. The molecule has 1 amide bonds.